The van der Waals surface area contributed by atoms with Crippen molar-refractivity contribution in [3.05, 3.63) is 36.5 Å². The van der Waals surface area contributed by atoms with Gasteiger partial charge in [-0.3, -0.25) is 9.78 Å². The largest absolute Gasteiger partial charge is 0.326 e. The maximum absolute atomic E-state index is 12.2. The minimum absolute atomic E-state index is 0.00244. The molecule has 4 heteroatoms. The van der Waals surface area contributed by atoms with Crippen LogP contribution in [0, 0.1) is 0 Å². The molecule has 0 aliphatic heterocycles. The molecule has 1 saturated carbocycles. The third kappa shape index (κ3) is 3.39. The van der Waals surface area contributed by atoms with Crippen LogP contribution in [0.2, 0.25) is 0 Å². The molecule has 1 aliphatic carbocycles. The Balaban J connectivity index is 1.68. The van der Waals surface area contributed by atoms with Gasteiger partial charge in [0.05, 0.1) is 5.52 Å². The molecular weight excluding hydrogens is 262 g/mol. The van der Waals surface area contributed by atoms with Crippen molar-refractivity contribution >= 4 is 22.5 Å². The average molecular weight is 283 g/mol. The molecule has 2 aromatic rings. The van der Waals surface area contributed by atoms with E-state index in [4.69, 9.17) is 5.73 Å². The molecule has 0 unspecified atom stereocenters. The van der Waals surface area contributed by atoms with E-state index in [1.807, 2.05) is 30.3 Å². The zero-order valence-corrected chi connectivity index (χ0v) is 12.1. The summed E-state index contributed by atoms with van der Waals surface area (Å²) in [6, 6.07) is 9.64. The minimum atomic E-state index is -0.319. The summed E-state index contributed by atoms with van der Waals surface area (Å²) in [5, 5.41) is 3.98. The van der Waals surface area contributed by atoms with Gasteiger partial charge in [-0.05, 0) is 37.1 Å². The lowest BCUT2D eigenvalue weighted by atomic mass is 9.80. The summed E-state index contributed by atoms with van der Waals surface area (Å²) >= 11 is 0. The molecule has 1 aliphatic rings. The summed E-state index contributed by atoms with van der Waals surface area (Å²) in [5.41, 5.74) is 7.75. The molecule has 4 nitrogen and oxygen atoms in total. The van der Waals surface area contributed by atoms with Gasteiger partial charge in [0.2, 0.25) is 5.91 Å². The topological polar surface area (TPSA) is 68.0 Å². The van der Waals surface area contributed by atoms with Crippen molar-refractivity contribution in [1.82, 2.24) is 4.98 Å². The lowest BCUT2D eigenvalue weighted by molar-refractivity contribution is -0.117. The first-order chi connectivity index (χ1) is 10.1. The fraction of sp³-hybridized carbons (Fsp3) is 0.412. The average Bonchev–Trinajstić information content (AvgIpc) is 2.47. The molecule has 110 valence electrons. The maximum atomic E-state index is 12.2. The predicted octanol–water partition coefficient (Wildman–Crippen LogP) is 3.23. The molecule has 1 aromatic carbocycles. The molecule has 0 spiro atoms. The summed E-state index contributed by atoms with van der Waals surface area (Å²) in [6.07, 6.45) is 7.55. The van der Waals surface area contributed by atoms with Crippen molar-refractivity contribution in [2.75, 3.05) is 5.32 Å². The maximum Gasteiger partial charge on any atom is 0.226 e. The highest BCUT2D eigenvalue weighted by molar-refractivity contribution is 5.94. The van der Waals surface area contributed by atoms with Gasteiger partial charge in [0.1, 0.15) is 0 Å². The van der Waals surface area contributed by atoms with E-state index in [1.165, 1.54) is 6.42 Å². The standard InChI is InChI=1S/C17H21N3O/c18-17(8-2-1-3-9-17)12-16(21)20-14-6-7-15-13(11-14)5-4-10-19-15/h4-7,10-11H,1-3,8-9,12,18H2,(H,20,21). The minimum Gasteiger partial charge on any atom is -0.326 e. The van der Waals surface area contributed by atoms with E-state index in [1.54, 1.807) is 6.20 Å². The number of nitrogens with zero attached hydrogens (tertiary/aromatic N) is 1. The Hall–Kier alpha value is -1.94. The molecule has 1 heterocycles. The van der Waals surface area contributed by atoms with Crippen LogP contribution in [0.1, 0.15) is 38.5 Å². The number of fused-ring (bicyclic) bond motifs is 1. The summed E-state index contributed by atoms with van der Waals surface area (Å²) in [7, 11) is 0. The second-order valence-electron chi connectivity index (χ2n) is 6.06. The Bertz CT molecular complexity index is 647. The van der Waals surface area contributed by atoms with Crippen molar-refractivity contribution in [2.45, 2.75) is 44.1 Å². The smallest absolute Gasteiger partial charge is 0.226 e. The van der Waals surface area contributed by atoms with Crippen LogP contribution in [0.5, 0.6) is 0 Å². The SMILES string of the molecule is NC1(CC(=O)Nc2ccc3ncccc3c2)CCCCC1. The third-order valence-electron chi connectivity index (χ3n) is 4.25. The number of rotatable bonds is 3. The van der Waals surface area contributed by atoms with E-state index in [-0.39, 0.29) is 11.4 Å². The molecule has 0 radical (unpaired) electrons. The second kappa shape index (κ2) is 5.82. The second-order valence-corrected chi connectivity index (χ2v) is 6.06. The lowest BCUT2D eigenvalue weighted by Gasteiger charge is -2.32. The van der Waals surface area contributed by atoms with Gasteiger partial charge in [0.15, 0.2) is 0 Å². The molecule has 1 fully saturated rings. The fourth-order valence-corrected chi connectivity index (χ4v) is 3.11. The van der Waals surface area contributed by atoms with Gasteiger partial charge < -0.3 is 11.1 Å². The number of amides is 1. The normalized spacial score (nSPS) is 17.6. The predicted molar refractivity (Wildman–Crippen MR) is 85.0 cm³/mol. The lowest BCUT2D eigenvalue weighted by Crippen LogP contribution is -2.44. The molecule has 3 rings (SSSR count). The van der Waals surface area contributed by atoms with Gasteiger partial charge >= 0.3 is 0 Å². The molecule has 0 atom stereocenters. The summed E-state index contributed by atoms with van der Waals surface area (Å²) in [5.74, 6) is 0.00244. The number of benzene rings is 1. The number of aromatic nitrogens is 1. The van der Waals surface area contributed by atoms with E-state index in [0.29, 0.717) is 6.42 Å². The Morgan fingerprint density at radius 3 is 2.86 bits per heavy atom. The van der Waals surface area contributed by atoms with Crippen LogP contribution in [0.25, 0.3) is 10.9 Å². The molecular formula is C17H21N3O. The number of anilines is 1. The van der Waals surface area contributed by atoms with E-state index in [0.717, 1.165) is 42.3 Å². The number of hydrogen-bond donors (Lipinski definition) is 2. The van der Waals surface area contributed by atoms with Crippen LogP contribution in [-0.4, -0.2) is 16.4 Å². The van der Waals surface area contributed by atoms with Crippen LogP contribution in [-0.2, 0) is 4.79 Å². The van der Waals surface area contributed by atoms with Gasteiger partial charge in [-0.2, -0.15) is 0 Å². The van der Waals surface area contributed by atoms with Crippen molar-refractivity contribution in [1.29, 1.82) is 0 Å². The Kier molecular flexibility index (Phi) is 3.88. The number of carbonyl (C=O) groups excluding carboxylic acids is 1. The number of nitrogens with one attached hydrogen (secondary N) is 1. The molecule has 3 N–H and O–H groups in total. The first-order valence-corrected chi connectivity index (χ1v) is 7.58. The number of hydrogen-bond acceptors (Lipinski definition) is 3. The van der Waals surface area contributed by atoms with E-state index in [9.17, 15) is 4.79 Å². The first-order valence-electron chi connectivity index (χ1n) is 7.58. The van der Waals surface area contributed by atoms with Gasteiger partial charge in [-0.1, -0.05) is 25.3 Å². The van der Waals surface area contributed by atoms with E-state index >= 15 is 0 Å². The molecule has 1 amide bonds. The molecule has 1 aromatic heterocycles. The first kappa shape index (κ1) is 14.0. The Morgan fingerprint density at radius 1 is 1.24 bits per heavy atom. The van der Waals surface area contributed by atoms with Crippen molar-refractivity contribution in [2.24, 2.45) is 5.73 Å². The van der Waals surface area contributed by atoms with Crippen molar-refractivity contribution < 1.29 is 4.79 Å². The summed E-state index contributed by atoms with van der Waals surface area (Å²) in [6.45, 7) is 0. The van der Waals surface area contributed by atoms with Gasteiger partial charge in [-0.25, -0.2) is 0 Å². The van der Waals surface area contributed by atoms with Crippen molar-refractivity contribution in [3.63, 3.8) is 0 Å². The van der Waals surface area contributed by atoms with E-state index in [2.05, 4.69) is 10.3 Å². The summed E-state index contributed by atoms with van der Waals surface area (Å²) in [4.78, 5) is 16.5. The third-order valence-corrected chi connectivity index (χ3v) is 4.25. The van der Waals surface area contributed by atoms with Gasteiger partial charge in [0.25, 0.3) is 0 Å². The molecule has 21 heavy (non-hydrogen) atoms. The molecule has 0 saturated heterocycles. The highest BCUT2D eigenvalue weighted by Crippen LogP contribution is 2.29. The quantitative estimate of drug-likeness (QED) is 0.908. The highest BCUT2D eigenvalue weighted by atomic mass is 16.1. The molecule has 0 bridgehead atoms. The van der Waals surface area contributed by atoms with Crippen LogP contribution in [0.3, 0.4) is 0 Å². The van der Waals surface area contributed by atoms with Crippen LogP contribution >= 0.6 is 0 Å². The van der Waals surface area contributed by atoms with Gasteiger partial charge in [-0.15, -0.1) is 0 Å². The summed E-state index contributed by atoms with van der Waals surface area (Å²) < 4.78 is 0. The fourth-order valence-electron chi connectivity index (χ4n) is 3.11. The van der Waals surface area contributed by atoms with Crippen LogP contribution in [0.15, 0.2) is 36.5 Å². The highest BCUT2D eigenvalue weighted by Gasteiger charge is 2.29. The van der Waals surface area contributed by atoms with E-state index < -0.39 is 0 Å². The number of nitrogens with two attached hydrogens (primary N) is 1. The van der Waals surface area contributed by atoms with Crippen LogP contribution < -0.4 is 11.1 Å². The number of pyridine rings is 1. The van der Waals surface area contributed by atoms with Crippen molar-refractivity contribution in [3.8, 4) is 0 Å². The van der Waals surface area contributed by atoms with Gasteiger partial charge in [0, 0.05) is 29.2 Å². The van der Waals surface area contributed by atoms with Crippen LogP contribution in [0.4, 0.5) is 5.69 Å². The Morgan fingerprint density at radius 2 is 2.05 bits per heavy atom. The zero-order valence-electron chi connectivity index (χ0n) is 12.1. The zero-order chi connectivity index (χ0) is 14.7. The monoisotopic (exact) mass is 283 g/mol. The Labute approximate surface area is 124 Å². The number of carbonyl (C=O) groups is 1.